The molecule has 0 bridgehead atoms. The Bertz CT molecular complexity index is 846. The molecule has 1 aliphatic rings. The van der Waals surface area contributed by atoms with Crippen molar-refractivity contribution in [2.24, 2.45) is 0 Å². The molecular formula is C28H45N3O5. The van der Waals surface area contributed by atoms with Crippen LogP contribution >= 0.6 is 0 Å². The maximum Gasteiger partial charge on any atom is 0.408 e. The third-order valence-electron chi connectivity index (χ3n) is 6.30. The Morgan fingerprint density at radius 1 is 1.08 bits per heavy atom. The van der Waals surface area contributed by atoms with Crippen molar-refractivity contribution in [3.63, 3.8) is 0 Å². The van der Waals surface area contributed by atoms with Crippen molar-refractivity contribution in [1.29, 1.82) is 0 Å². The van der Waals surface area contributed by atoms with E-state index in [9.17, 15) is 19.5 Å². The van der Waals surface area contributed by atoms with E-state index in [0.717, 1.165) is 57.8 Å². The quantitative estimate of drug-likeness (QED) is 0.340. The van der Waals surface area contributed by atoms with Gasteiger partial charge in [0.25, 0.3) is 0 Å². The van der Waals surface area contributed by atoms with Crippen LogP contribution in [0.4, 0.5) is 4.79 Å². The van der Waals surface area contributed by atoms with Gasteiger partial charge >= 0.3 is 6.09 Å². The van der Waals surface area contributed by atoms with E-state index >= 15 is 0 Å². The number of nitrogens with one attached hydrogen (secondary N) is 2. The second kappa shape index (κ2) is 14.7. The molecular weight excluding hydrogens is 458 g/mol. The zero-order valence-corrected chi connectivity index (χ0v) is 22.5. The Balaban J connectivity index is 2.26. The monoisotopic (exact) mass is 503 g/mol. The fourth-order valence-corrected chi connectivity index (χ4v) is 4.54. The molecule has 1 atom stereocenters. The SMILES string of the molecule is CCCCCCCN(C(=O)CNC(=O)OC(C)(C)C)C(C(=O)NC1CCCCC1)c1cccc(O)c1. The average Bonchev–Trinajstić information content (AvgIpc) is 2.81. The van der Waals surface area contributed by atoms with Crippen molar-refractivity contribution in [3.8, 4) is 5.75 Å². The van der Waals surface area contributed by atoms with Crippen molar-refractivity contribution in [1.82, 2.24) is 15.5 Å². The summed E-state index contributed by atoms with van der Waals surface area (Å²) in [5, 5.41) is 15.8. The summed E-state index contributed by atoms with van der Waals surface area (Å²) < 4.78 is 5.27. The highest BCUT2D eigenvalue weighted by atomic mass is 16.6. The molecule has 0 radical (unpaired) electrons. The van der Waals surface area contributed by atoms with Gasteiger partial charge in [-0.1, -0.05) is 64.0 Å². The first-order valence-electron chi connectivity index (χ1n) is 13.5. The zero-order valence-electron chi connectivity index (χ0n) is 22.5. The Kier molecular flexibility index (Phi) is 12.0. The molecule has 3 amide bonds. The number of benzene rings is 1. The number of carbonyl (C=O) groups excluding carboxylic acids is 3. The molecule has 8 heteroatoms. The lowest BCUT2D eigenvalue weighted by molar-refractivity contribution is -0.140. The number of ether oxygens (including phenoxy) is 1. The molecule has 1 unspecified atom stereocenters. The summed E-state index contributed by atoms with van der Waals surface area (Å²) in [6, 6.07) is 5.67. The average molecular weight is 504 g/mol. The summed E-state index contributed by atoms with van der Waals surface area (Å²) in [6.45, 7) is 7.50. The summed E-state index contributed by atoms with van der Waals surface area (Å²) >= 11 is 0. The normalized spacial score (nSPS) is 15.1. The number of carbonyl (C=O) groups is 3. The van der Waals surface area contributed by atoms with Crippen molar-refractivity contribution in [2.45, 2.75) is 110 Å². The van der Waals surface area contributed by atoms with Gasteiger partial charge in [-0.15, -0.1) is 0 Å². The number of unbranched alkanes of at least 4 members (excludes halogenated alkanes) is 4. The molecule has 2 rings (SSSR count). The molecule has 0 saturated heterocycles. The standard InChI is InChI=1S/C28H45N3O5/c1-5-6-7-8-12-18-31(24(33)20-29-27(35)36-28(2,3)4)25(21-14-13-17-23(32)19-21)26(34)30-22-15-10-9-11-16-22/h13-14,17,19,22,25,32H,5-12,15-16,18,20H2,1-4H3,(H,29,35)(H,30,34). The minimum absolute atomic E-state index is 0.0326. The number of nitrogens with zero attached hydrogens (tertiary/aromatic N) is 1. The highest BCUT2D eigenvalue weighted by Gasteiger charge is 2.33. The van der Waals surface area contributed by atoms with E-state index in [1.807, 2.05) is 0 Å². The molecule has 1 aromatic rings. The number of alkyl carbamates (subject to hydrolysis) is 1. The van der Waals surface area contributed by atoms with Crippen molar-refractivity contribution < 1.29 is 24.2 Å². The van der Waals surface area contributed by atoms with Crippen molar-refractivity contribution >= 4 is 17.9 Å². The summed E-state index contributed by atoms with van der Waals surface area (Å²) in [6.07, 6.45) is 9.43. The van der Waals surface area contributed by atoms with Crippen LogP contribution in [0, 0.1) is 0 Å². The summed E-state index contributed by atoms with van der Waals surface area (Å²) in [5.41, 5.74) is -0.140. The zero-order chi connectivity index (χ0) is 26.6. The number of aromatic hydroxyl groups is 1. The molecule has 36 heavy (non-hydrogen) atoms. The third kappa shape index (κ3) is 10.5. The van der Waals surface area contributed by atoms with E-state index in [0.29, 0.717) is 12.1 Å². The van der Waals surface area contributed by atoms with Gasteiger partial charge in [0.1, 0.15) is 23.9 Å². The second-order valence-electron chi connectivity index (χ2n) is 10.7. The molecule has 1 aliphatic carbocycles. The molecule has 0 aliphatic heterocycles. The summed E-state index contributed by atoms with van der Waals surface area (Å²) in [5.74, 6) is -0.597. The number of phenols is 1. The predicted octanol–water partition coefficient (Wildman–Crippen LogP) is 5.21. The first-order valence-corrected chi connectivity index (χ1v) is 13.5. The minimum atomic E-state index is -0.905. The molecule has 0 heterocycles. The van der Waals surface area contributed by atoms with Gasteiger partial charge in [-0.2, -0.15) is 0 Å². The van der Waals surface area contributed by atoms with Crippen LogP contribution in [0.1, 0.15) is 104 Å². The number of rotatable bonds is 12. The number of hydrogen-bond acceptors (Lipinski definition) is 5. The molecule has 1 aromatic carbocycles. The molecule has 202 valence electrons. The van der Waals surface area contributed by atoms with Crippen LogP contribution in [0.2, 0.25) is 0 Å². The first kappa shape index (κ1) is 29.5. The lowest BCUT2D eigenvalue weighted by atomic mass is 9.94. The molecule has 0 aromatic heterocycles. The van der Waals surface area contributed by atoms with Crippen LogP contribution in [0.15, 0.2) is 24.3 Å². The Hall–Kier alpha value is -2.77. The van der Waals surface area contributed by atoms with Gasteiger partial charge in [0, 0.05) is 12.6 Å². The highest BCUT2D eigenvalue weighted by Crippen LogP contribution is 2.27. The predicted molar refractivity (Wildman–Crippen MR) is 141 cm³/mol. The van der Waals surface area contributed by atoms with E-state index in [-0.39, 0.29) is 30.2 Å². The first-order chi connectivity index (χ1) is 17.1. The van der Waals surface area contributed by atoms with Crippen LogP contribution in [0.3, 0.4) is 0 Å². The Labute approximate surface area is 216 Å². The number of amides is 3. The fraction of sp³-hybridized carbons (Fsp3) is 0.679. The maximum atomic E-state index is 13.6. The van der Waals surface area contributed by atoms with Gasteiger partial charge in [0.2, 0.25) is 11.8 Å². The van der Waals surface area contributed by atoms with Crippen LogP contribution in [-0.2, 0) is 14.3 Å². The highest BCUT2D eigenvalue weighted by molar-refractivity contribution is 5.90. The molecule has 0 spiro atoms. The van der Waals surface area contributed by atoms with Crippen molar-refractivity contribution in [3.05, 3.63) is 29.8 Å². The topological polar surface area (TPSA) is 108 Å². The van der Waals surface area contributed by atoms with Crippen LogP contribution < -0.4 is 10.6 Å². The van der Waals surface area contributed by atoms with Crippen molar-refractivity contribution in [2.75, 3.05) is 13.1 Å². The molecule has 3 N–H and O–H groups in total. The number of phenolic OH excluding ortho intramolecular Hbond substituents is 1. The van der Waals surface area contributed by atoms with Gasteiger partial charge in [0.05, 0.1) is 0 Å². The van der Waals surface area contributed by atoms with Gasteiger partial charge in [-0.3, -0.25) is 9.59 Å². The van der Waals surface area contributed by atoms with Crippen LogP contribution in [0.5, 0.6) is 5.75 Å². The van der Waals surface area contributed by atoms with E-state index in [1.54, 1.807) is 39.0 Å². The van der Waals surface area contributed by atoms with Gasteiger partial charge in [0.15, 0.2) is 0 Å². The van der Waals surface area contributed by atoms with Gasteiger partial charge in [-0.05, 0) is 57.7 Å². The minimum Gasteiger partial charge on any atom is -0.508 e. The lowest BCUT2D eigenvalue weighted by Gasteiger charge is -2.33. The van der Waals surface area contributed by atoms with E-state index in [2.05, 4.69) is 17.6 Å². The molecule has 1 fully saturated rings. The summed E-state index contributed by atoms with van der Waals surface area (Å²) in [4.78, 5) is 40.8. The third-order valence-corrected chi connectivity index (χ3v) is 6.30. The van der Waals surface area contributed by atoms with Gasteiger partial charge < -0.3 is 25.4 Å². The number of hydrogen-bond donors (Lipinski definition) is 3. The van der Waals surface area contributed by atoms with Crippen LogP contribution in [0.25, 0.3) is 0 Å². The largest absolute Gasteiger partial charge is 0.508 e. The second-order valence-corrected chi connectivity index (χ2v) is 10.7. The summed E-state index contributed by atoms with van der Waals surface area (Å²) in [7, 11) is 0. The lowest BCUT2D eigenvalue weighted by Crippen LogP contribution is -2.50. The fourth-order valence-electron chi connectivity index (χ4n) is 4.54. The molecule has 1 saturated carbocycles. The Morgan fingerprint density at radius 3 is 2.42 bits per heavy atom. The van der Waals surface area contributed by atoms with Gasteiger partial charge in [-0.25, -0.2) is 4.79 Å². The maximum absolute atomic E-state index is 13.6. The smallest absolute Gasteiger partial charge is 0.408 e. The molecule has 8 nitrogen and oxygen atoms in total. The van der Waals surface area contributed by atoms with Crippen LogP contribution in [-0.4, -0.2) is 52.6 Å². The van der Waals surface area contributed by atoms with E-state index in [1.165, 1.54) is 17.4 Å². The Morgan fingerprint density at radius 2 is 1.78 bits per heavy atom. The van der Waals surface area contributed by atoms with E-state index < -0.39 is 17.7 Å². The van der Waals surface area contributed by atoms with E-state index in [4.69, 9.17) is 4.74 Å².